The van der Waals surface area contributed by atoms with E-state index in [-0.39, 0.29) is 23.8 Å². The molecule has 0 fully saturated rings. The molecule has 1 heterocycles. The van der Waals surface area contributed by atoms with E-state index < -0.39 is 6.04 Å². The van der Waals surface area contributed by atoms with Gasteiger partial charge in [0.2, 0.25) is 0 Å². The summed E-state index contributed by atoms with van der Waals surface area (Å²) < 4.78 is 5.31. The summed E-state index contributed by atoms with van der Waals surface area (Å²) >= 11 is 0. The number of allylic oxidation sites excluding steroid dienone is 3. The molecule has 0 aromatic heterocycles. The highest BCUT2D eigenvalue weighted by Gasteiger charge is 2.34. The van der Waals surface area contributed by atoms with Crippen molar-refractivity contribution < 1.29 is 14.3 Å². The van der Waals surface area contributed by atoms with Gasteiger partial charge in [0.1, 0.15) is 12.3 Å². The lowest BCUT2D eigenvalue weighted by Gasteiger charge is -2.31. The normalized spacial score (nSPS) is 30.0. The number of rotatable bonds is 5. The Balaban J connectivity index is 1.77. The summed E-state index contributed by atoms with van der Waals surface area (Å²) in [4.78, 5) is 24.2. The molecule has 5 nitrogen and oxygen atoms in total. The predicted molar refractivity (Wildman–Crippen MR) is 87.4 cm³/mol. The van der Waals surface area contributed by atoms with Crippen molar-refractivity contribution in [3.05, 3.63) is 60.0 Å². The lowest BCUT2D eigenvalue weighted by atomic mass is 9.83. The van der Waals surface area contributed by atoms with Gasteiger partial charge in [-0.15, -0.1) is 0 Å². The molecule has 23 heavy (non-hydrogen) atoms. The van der Waals surface area contributed by atoms with E-state index in [4.69, 9.17) is 4.74 Å². The standard InChI is InChI=1S/C18H20N2O3/c1-23-13-6-4-5-12(9-13)20-17(11-21)15-10-19-16-8-3-2-7-14(16)18(15)22/h2-5,7-11,13-14,16-17,19-20H,6H2,1H3. The number of methoxy groups -OCH3 is 1. The zero-order chi connectivity index (χ0) is 16.2. The molecular formula is C18H20N2O3. The molecular weight excluding hydrogens is 292 g/mol. The molecule has 2 N–H and O–H groups in total. The summed E-state index contributed by atoms with van der Waals surface area (Å²) in [6, 6.07) is -0.711. The van der Waals surface area contributed by atoms with Crippen LogP contribution in [0.2, 0.25) is 0 Å². The van der Waals surface area contributed by atoms with Gasteiger partial charge >= 0.3 is 0 Å². The first kappa shape index (κ1) is 15.5. The van der Waals surface area contributed by atoms with Crippen LogP contribution in [0.25, 0.3) is 0 Å². The number of hydrogen-bond acceptors (Lipinski definition) is 5. The number of ketones is 1. The van der Waals surface area contributed by atoms with Crippen molar-refractivity contribution in [2.24, 2.45) is 5.92 Å². The van der Waals surface area contributed by atoms with Crippen LogP contribution in [0.4, 0.5) is 0 Å². The van der Waals surface area contributed by atoms with E-state index >= 15 is 0 Å². The minimum Gasteiger partial charge on any atom is -0.383 e. The van der Waals surface area contributed by atoms with Crippen LogP contribution in [0.15, 0.2) is 60.0 Å². The van der Waals surface area contributed by atoms with Gasteiger partial charge in [-0.3, -0.25) is 4.79 Å². The molecule has 0 aromatic carbocycles. The molecule has 3 aliphatic rings. The van der Waals surface area contributed by atoms with E-state index in [1.165, 1.54) is 0 Å². The van der Waals surface area contributed by atoms with E-state index in [1.54, 1.807) is 13.3 Å². The average molecular weight is 312 g/mol. The van der Waals surface area contributed by atoms with Crippen LogP contribution in [-0.4, -0.2) is 37.4 Å². The van der Waals surface area contributed by atoms with E-state index in [2.05, 4.69) is 10.6 Å². The Labute approximate surface area is 135 Å². The molecule has 0 spiro atoms. The molecule has 3 rings (SSSR count). The largest absolute Gasteiger partial charge is 0.383 e. The van der Waals surface area contributed by atoms with Crippen molar-refractivity contribution in [1.29, 1.82) is 0 Å². The highest BCUT2D eigenvalue weighted by Crippen LogP contribution is 2.24. The maximum Gasteiger partial charge on any atom is 0.172 e. The quantitative estimate of drug-likeness (QED) is 0.746. The van der Waals surface area contributed by atoms with Gasteiger partial charge in [0.05, 0.1) is 18.1 Å². The molecule has 0 radical (unpaired) electrons. The van der Waals surface area contributed by atoms with E-state index in [1.807, 2.05) is 42.5 Å². The van der Waals surface area contributed by atoms with Gasteiger partial charge in [-0.25, -0.2) is 0 Å². The maximum atomic E-state index is 12.7. The molecule has 0 bridgehead atoms. The highest BCUT2D eigenvalue weighted by atomic mass is 16.5. The van der Waals surface area contributed by atoms with E-state index in [0.717, 1.165) is 18.4 Å². The van der Waals surface area contributed by atoms with Crippen molar-refractivity contribution in [2.45, 2.75) is 24.6 Å². The number of hydrogen-bond donors (Lipinski definition) is 2. The van der Waals surface area contributed by atoms with Crippen molar-refractivity contribution in [2.75, 3.05) is 7.11 Å². The number of Topliss-reactive ketones (excluding diaryl/α,β-unsaturated/α-hetero) is 1. The molecule has 120 valence electrons. The Hall–Kier alpha value is -2.40. The second-order valence-corrected chi connectivity index (χ2v) is 5.74. The Morgan fingerprint density at radius 2 is 2.22 bits per heavy atom. The Kier molecular flexibility index (Phi) is 4.57. The SMILES string of the molecule is COC1C=C(NC(C=O)C2=CNC3C=CC=CC3C2=O)C=CC1. The van der Waals surface area contributed by atoms with Crippen LogP contribution in [0.1, 0.15) is 6.42 Å². The van der Waals surface area contributed by atoms with Gasteiger partial charge < -0.3 is 20.2 Å². The molecule has 1 aliphatic heterocycles. The monoisotopic (exact) mass is 312 g/mol. The van der Waals surface area contributed by atoms with Crippen molar-refractivity contribution in [3.8, 4) is 0 Å². The van der Waals surface area contributed by atoms with E-state index in [9.17, 15) is 9.59 Å². The number of ether oxygens (including phenoxy) is 1. The fourth-order valence-corrected chi connectivity index (χ4v) is 2.99. The predicted octanol–water partition coefficient (Wildman–Crippen LogP) is 1.17. The zero-order valence-corrected chi connectivity index (χ0v) is 12.9. The zero-order valence-electron chi connectivity index (χ0n) is 12.9. The summed E-state index contributed by atoms with van der Waals surface area (Å²) in [5, 5.41) is 6.31. The van der Waals surface area contributed by atoms with Crippen molar-refractivity contribution in [1.82, 2.24) is 10.6 Å². The molecule has 4 atom stereocenters. The summed E-state index contributed by atoms with van der Waals surface area (Å²) in [6.45, 7) is 0. The van der Waals surface area contributed by atoms with Gasteiger partial charge in [-0.1, -0.05) is 30.4 Å². The molecule has 0 saturated carbocycles. The topological polar surface area (TPSA) is 67.4 Å². The fourth-order valence-electron chi connectivity index (χ4n) is 2.99. The molecule has 0 aromatic rings. The van der Waals surface area contributed by atoms with Gasteiger partial charge in [0.15, 0.2) is 5.78 Å². The average Bonchev–Trinajstić information content (AvgIpc) is 2.61. The van der Waals surface area contributed by atoms with Gasteiger partial charge in [0, 0.05) is 24.6 Å². The third-order valence-corrected chi connectivity index (χ3v) is 4.28. The smallest absolute Gasteiger partial charge is 0.172 e. The number of nitrogens with one attached hydrogen (secondary N) is 2. The van der Waals surface area contributed by atoms with Gasteiger partial charge in [0.25, 0.3) is 0 Å². The lowest BCUT2D eigenvalue weighted by Crippen LogP contribution is -2.46. The number of fused-ring (bicyclic) bond motifs is 1. The van der Waals surface area contributed by atoms with Crippen LogP contribution in [0.3, 0.4) is 0 Å². The maximum absolute atomic E-state index is 12.7. The molecule has 2 aliphatic carbocycles. The Bertz CT molecular complexity index is 643. The van der Waals surface area contributed by atoms with Gasteiger partial charge in [-0.05, 0) is 18.6 Å². The Morgan fingerprint density at radius 3 is 3.00 bits per heavy atom. The number of carbonyl (C=O) groups excluding carboxylic acids is 2. The van der Waals surface area contributed by atoms with Crippen LogP contribution in [-0.2, 0) is 14.3 Å². The third kappa shape index (κ3) is 3.19. The number of aldehydes is 1. The van der Waals surface area contributed by atoms with E-state index in [0.29, 0.717) is 5.57 Å². The highest BCUT2D eigenvalue weighted by molar-refractivity contribution is 6.03. The molecule has 5 heteroatoms. The first-order valence-electron chi connectivity index (χ1n) is 7.71. The summed E-state index contributed by atoms with van der Waals surface area (Å²) in [5.74, 6) is -0.283. The molecule has 0 saturated heterocycles. The first-order valence-corrected chi connectivity index (χ1v) is 7.71. The van der Waals surface area contributed by atoms with Gasteiger partial charge in [-0.2, -0.15) is 0 Å². The second kappa shape index (κ2) is 6.79. The second-order valence-electron chi connectivity index (χ2n) is 5.74. The van der Waals surface area contributed by atoms with Crippen LogP contribution in [0.5, 0.6) is 0 Å². The van der Waals surface area contributed by atoms with Crippen molar-refractivity contribution >= 4 is 12.1 Å². The van der Waals surface area contributed by atoms with Crippen molar-refractivity contribution in [3.63, 3.8) is 0 Å². The fraction of sp³-hybridized carbons (Fsp3) is 0.333. The Morgan fingerprint density at radius 1 is 1.39 bits per heavy atom. The van der Waals surface area contributed by atoms with Crippen LogP contribution >= 0.6 is 0 Å². The first-order chi connectivity index (χ1) is 11.2. The minimum absolute atomic E-state index is 0.0141. The lowest BCUT2D eigenvalue weighted by molar-refractivity contribution is -0.120. The molecule has 4 unspecified atom stereocenters. The molecule has 0 amide bonds. The minimum atomic E-state index is -0.679. The van der Waals surface area contributed by atoms with Crippen LogP contribution in [0, 0.1) is 5.92 Å². The van der Waals surface area contributed by atoms with Crippen LogP contribution < -0.4 is 10.6 Å². The summed E-state index contributed by atoms with van der Waals surface area (Å²) in [6.07, 6.45) is 16.6. The third-order valence-electron chi connectivity index (χ3n) is 4.28. The summed E-state index contributed by atoms with van der Waals surface area (Å²) in [5.41, 5.74) is 1.24. The number of carbonyl (C=O) groups is 2. The summed E-state index contributed by atoms with van der Waals surface area (Å²) in [7, 11) is 1.65.